The van der Waals surface area contributed by atoms with Crippen LogP contribution in [0.3, 0.4) is 0 Å². The molecule has 1 aliphatic carbocycles. The molecule has 0 aliphatic heterocycles. The van der Waals surface area contributed by atoms with Gasteiger partial charge in [0.2, 0.25) is 0 Å². The Morgan fingerprint density at radius 2 is 1.76 bits per heavy atom. The molecule has 8 heteroatoms. The zero-order valence-corrected chi connectivity index (χ0v) is 10.8. The molecule has 0 radical (unpaired) electrons. The van der Waals surface area contributed by atoms with Crippen LogP contribution >= 0.6 is 0 Å². The summed E-state index contributed by atoms with van der Waals surface area (Å²) in [7, 11) is 0. The van der Waals surface area contributed by atoms with Gasteiger partial charge in [-0.1, -0.05) is 6.42 Å². The predicted molar refractivity (Wildman–Crippen MR) is 67.2 cm³/mol. The number of carboxylic acid groups (broad SMARTS) is 1. The van der Waals surface area contributed by atoms with E-state index in [-0.39, 0.29) is 5.69 Å². The first-order valence-electron chi connectivity index (χ1n) is 6.33. The fourth-order valence-electron chi connectivity index (χ4n) is 2.39. The fourth-order valence-corrected chi connectivity index (χ4v) is 2.39. The Bertz CT molecular complexity index is 557. The number of rotatable bonds is 3. The SMILES string of the molecule is O=C(Nc1cc(F)c(F)c(F)c1)NC1CCCC1C(=O)O. The van der Waals surface area contributed by atoms with Gasteiger partial charge in [-0.3, -0.25) is 4.79 Å². The number of halogens is 3. The quantitative estimate of drug-likeness (QED) is 0.751. The summed E-state index contributed by atoms with van der Waals surface area (Å²) in [5.74, 6) is -6.15. The minimum atomic E-state index is -1.62. The molecule has 1 aromatic carbocycles. The normalized spacial score (nSPS) is 21.1. The van der Waals surface area contributed by atoms with Gasteiger partial charge < -0.3 is 15.7 Å². The van der Waals surface area contributed by atoms with Crippen molar-refractivity contribution in [2.45, 2.75) is 25.3 Å². The van der Waals surface area contributed by atoms with Crippen LogP contribution in [0.2, 0.25) is 0 Å². The van der Waals surface area contributed by atoms with Crippen molar-refractivity contribution in [3.63, 3.8) is 0 Å². The number of amides is 2. The van der Waals surface area contributed by atoms with Crippen LogP contribution in [0.4, 0.5) is 23.7 Å². The van der Waals surface area contributed by atoms with Gasteiger partial charge >= 0.3 is 12.0 Å². The molecular weight excluding hydrogens is 289 g/mol. The minimum Gasteiger partial charge on any atom is -0.481 e. The van der Waals surface area contributed by atoms with Gasteiger partial charge in [0.05, 0.1) is 5.92 Å². The molecule has 0 bridgehead atoms. The predicted octanol–water partition coefficient (Wildman–Crippen LogP) is 2.48. The summed E-state index contributed by atoms with van der Waals surface area (Å²) in [6.07, 6.45) is 1.64. The molecule has 1 fully saturated rings. The molecule has 2 rings (SSSR count). The van der Waals surface area contributed by atoms with Crippen LogP contribution in [-0.4, -0.2) is 23.1 Å². The highest BCUT2D eigenvalue weighted by Gasteiger charge is 2.33. The van der Waals surface area contributed by atoms with Crippen molar-refractivity contribution in [1.82, 2.24) is 5.32 Å². The smallest absolute Gasteiger partial charge is 0.319 e. The van der Waals surface area contributed by atoms with E-state index in [1.807, 2.05) is 0 Å². The van der Waals surface area contributed by atoms with Gasteiger partial charge in [0.15, 0.2) is 17.5 Å². The van der Waals surface area contributed by atoms with Crippen LogP contribution in [0, 0.1) is 23.4 Å². The van der Waals surface area contributed by atoms with E-state index in [9.17, 15) is 22.8 Å². The van der Waals surface area contributed by atoms with E-state index in [4.69, 9.17) is 5.11 Å². The second-order valence-electron chi connectivity index (χ2n) is 4.83. The summed E-state index contributed by atoms with van der Waals surface area (Å²) in [4.78, 5) is 22.7. The highest BCUT2D eigenvalue weighted by Crippen LogP contribution is 2.26. The summed E-state index contributed by atoms with van der Waals surface area (Å²) in [6.45, 7) is 0. The van der Waals surface area contributed by atoms with Crippen LogP contribution in [0.15, 0.2) is 12.1 Å². The van der Waals surface area contributed by atoms with E-state index in [1.165, 1.54) is 0 Å². The fraction of sp³-hybridized carbons (Fsp3) is 0.385. The number of urea groups is 1. The largest absolute Gasteiger partial charge is 0.481 e. The average Bonchev–Trinajstić information content (AvgIpc) is 2.83. The van der Waals surface area contributed by atoms with Crippen LogP contribution in [0.1, 0.15) is 19.3 Å². The molecular formula is C13H13F3N2O3. The molecule has 0 heterocycles. The molecule has 2 amide bonds. The molecule has 0 spiro atoms. The third-order valence-corrected chi connectivity index (χ3v) is 3.39. The highest BCUT2D eigenvalue weighted by atomic mass is 19.2. The van der Waals surface area contributed by atoms with Gasteiger partial charge in [0, 0.05) is 23.9 Å². The van der Waals surface area contributed by atoms with Crippen LogP contribution in [-0.2, 0) is 4.79 Å². The Balaban J connectivity index is 2.00. The molecule has 1 aromatic rings. The summed E-state index contributed by atoms with van der Waals surface area (Å²) in [5.41, 5.74) is -0.256. The lowest BCUT2D eigenvalue weighted by Crippen LogP contribution is -2.42. The molecule has 21 heavy (non-hydrogen) atoms. The van der Waals surface area contributed by atoms with Crippen molar-refractivity contribution in [3.05, 3.63) is 29.6 Å². The lowest BCUT2D eigenvalue weighted by molar-refractivity contribution is -0.142. The number of hydrogen-bond donors (Lipinski definition) is 3. The molecule has 2 unspecified atom stereocenters. The highest BCUT2D eigenvalue weighted by molar-refractivity contribution is 5.89. The lowest BCUT2D eigenvalue weighted by Gasteiger charge is -2.18. The van der Waals surface area contributed by atoms with Gasteiger partial charge in [-0.2, -0.15) is 0 Å². The van der Waals surface area contributed by atoms with E-state index in [2.05, 4.69) is 10.6 Å². The molecule has 5 nitrogen and oxygen atoms in total. The van der Waals surface area contributed by atoms with Gasteiger partial charge in [-0.15, -0.1) is 0 Å². The first-order chi connectivity index (χ1) is 9.88. The second kappa shape index (κ2) is 6.02. The summed E-state index contributed by atoms with van der Waals surface area (Å²) in [5, 5.41) is 13.6. The van der Waals surface area contributed by atoms with Gasteiger partial charge in [-0.05, 0) is 12.8 Å². The maximum absolute atomic E-state index is 13.0. The topological polar surface area (TPSA) is 78.4 Å². The Kier molecular flexibility index (Phi) is 4.35. The second-order valence-corrected chi connectivity index (χ2v) is 4.83. The number of hydrogen-bond acceptors (Lipinski definition) is 2. The van der Waals surface area contributed by atoms with E-state index >= 15 is 0 Å². The minimum absolute atomic E-state index is 0.256. The number of carboxylic acids is 1. The average molecular weight is 302 g/mol. The van der Waals surface area contributed by atoms with Crippen molar-refractivity contribution in [2.24, 2.45) is 5.92 Å². The molecule has 1 saturated carbocycles. The van der Waals surface area contributed by atoms with Crippen LogP contribution in [0.25, 0.3) is 0 Å². The first-order valence-corrected chi connectivity index (χ1v) is 6.33. The zero-order valence-electron chi connectivity index (χ0n) is 10.8. The summed E-state index contributed by atoms with van der Waals surface area (Å²) in [6, 6.07) is -0.0565. The number of anilines is 1. The molecule has 114 valence electrons. The molecule has 0 saturated heterocycles. The molecule has 1 aliphatic rings. The molecule has 2 atom stereocenters. The first kappa shape index (κ1) is 15.1. The third kappa shape index (κ3) is 3.45. The maximum atomic E-state index is 13.0. The van der Waals surface area contributed by atoms with Gasteiger partial charge in [0.1, 0.15) is 0 Å². The van der Waals surface area contributed by atoms with E-state index in [0.29, 0.717) is 31.4 Å². The third-order valence-electron chi connectivity index (χ3n) is 3.39. The van der Waals surface area contributed by atoms with Gasteiger partial charge in [0.25, 0.3) is 0 Å². The van der Waals surface area contributed by atoms with Crippen molar-refractivity contribution < 1.29 is 27.9 Å². The van der Waals surface area contributed by atoms with Crippen LogP contribution < -0.4 is 10.6 Å². The number of carbonyl (C=O) groups excluding carboxylic acids is 1. The van der Waals surface area contributed by atoms with Crippen molar-refractivity contribution in [1.29, 1.82) is 0 Å². The van der Waals surface area contributed by atoms with E-state index in [0.717, 1.165) is 0 Å². The van der Waals surface area contributed by atoms with Crippen LogP contribution in [0.5, 0.6) is 0 Å². The summed E-state index contributed by atoms with van der Waals surface area (Å²) < 4.78 is 38.8. The van der Waals surface area contributed by atoms with Crippen molar-refractivity contribution in [2.75, 3.05) is 5.32 Å². The summed E-state index contributed by atoms with van der Waals surface area (Å²) >= 11 is 0. The number of benzene rings is 1. The molecule has 0 aromatic heterocycles. The molecule has 3 N–H and O–H groups in total. The monoisotopic (exact) mass is 302 g/mol. The van der Waals surface area contributed by atoms with Gasteiger partial charge in [-0.25, -0.2) is 18.0 Å². The van der Waals surface area contributed by atoms with E-state index < -0.39 is 41.4 Å². The Hall–Kier alpha value is -2.25. The van der Waals surface area contributed by atoms with Crippen molar-refractivity contribution in [3.8, 4) is 0 Å². The zero-order chi connectivity index (χ0) is 15.6. The van der Waals surface area contributed by atoms with E-state index in [1.54, 1.807) is 0 Å². The maximum Gasteiger partial charge on any atom is 0.319 e. The Labute approximate surface area is 118 Å². The Morgan fingerprint density at radius 1 is 1.14 bits per heavy atom. The van der Waals surface area contributed by atoms with Crippen molar-refractivity contribution >= 4 is 17.7 Å². The number of nitrogens with one attached hydrogen (secondary N) is 2. The standard InChI is InChI=1S/C13H13F3N2O3/c14-8-4-6(5-9(15)11(8)16)17-13(21)18-10-3-1-2-7(10)12(19)20/h4-5,7,10H,1-3H2,(H,19,20)(H2,17,18,21). The number of carbonyl (C=O) groups is 2. The lowest BCUT2D eigenvalue weighted by atomic mass is 10.0. The number of aliphatic carboxylic acids is 1. The Morgan fingerprint density at radius 3 is 2.33 bits per heavy atom.